The van der Waals surface area contributed by atoms with Gasteiger partial charge in [-0.1, -0.05) is 24.6 Å². The van der Waals surface area contributed by atoms with Crippen molar-refractivity contribution < 1.29 is 4.74 Å². The Balaban J connectivity index is 1.89. The van der Waals surface area contributed by atoms with Gasteiger partial charge < -0.3 is 9.64 Å². The van der Waals surface area contributed by atoms with Gasteiger partial charge in [-0.3, -0.25) is 0 Å². The van der Waals surface area contributed by atoms with Crippen LogP contribution in [-0.4, -0.2) is 39.6 Å². The van der Waals surface area contributed by atoms with Gasteiger partial charge in [0, 0.05) is 11.8 Å². The van der Waals surface area contributed by atoms with Crippen LogP contribution in [-0.2, 0) is 4.74 Å². The highest BCUT2D eigenvalue weighted by molar-refractivity contribution is 8.14. The van der Waals surface area contributed by atoms with Crippen molar-refractivity contribution in [2.24, 2.45) is 4.99 Å². The van der Waals surface area contributed by atoms with Crippen LogP contribution in [0.2, 0.25) is 0 Å². The van der Waals surface area contributed by atoms with Crippen LogP contribution in [0.15, 0.2) is 23.2 Å². The molecule has 1 aromatic rings. The molecule has 1 saturated heterocycles. The Morgan fingerprint density at radius 1 is 1.30 bits per heavy atom. The molecule has 2 aliphatic rings. The minimum absolute atomic E-state index is 0.144. The van der Waals surface area contributed by atoms with Gasteiger partial charge in [-0.2, -0.15) is 5.26 Å². The molecule has 1 aliphatic carbocycles. The first-order chi connectivity index (χ1) is 12.8. The molecule has 3 rings (SSSR count). The zero-order valence-electron chi connectivity index (χ0n) is 17.2. The summed E-state index contributed by atoms with van der Waals surface area (Å²) < 4.78 is 6.32. The van der Waals surface area contributed by atoms with Gasteiger partial charge >= 0.3 is 0 Å². The Morgan fingerprint density at radius 3 is 2.59 bits per heavy atom. The molecule has 0 spiro atoms. The van der Waals surface area contributed by atoms with Gasteiger partial charge in [0.05, 0.1) is 35.1 Å². The zero-order valence-corrected chi connectivity index (χ0v) is 18.0. The first-order valence-electron chi connectivity index (χ1n) is 9.97. The maximum absolute atomic E-state index is 9.10. The van der Waals surface area contributed by atoms with Gasteiger partial charge in [-0.15, -0.1) is 0 Å². The third kappa shape index (κ3) is 4.86. The fraction of sp³-hybridized carbons (Fsp3) is 0.636. The minimum atomic E-state index is -0.144. The van der Waals surface area contributed by atoms with Crippen LogP contribution in [0.3, 0.4) is 0 Å². The number of thioether (sulfide) groups is 1. The van der Waals surface area contributed by atoms with E-state index in [-0.39, 0.29) is 11.7 Å². The summed E-state index contributed by atoms with van der Waals surface area (Å²) in [7, 11) is 0. The number of nitrogens with zero attached hydrogens (tertiary/aromatic N) is 3. The number of amidine groups is 1. The summed E-state index contributed by atoms with van der Waals surface area (Å²) in [5.41, 5.74) is 2.56. The highest BCUT2D eigenvalue weighted by Crippen LogP contribution is 2.37. The average Bonchev–Trinajstić information content (AvgIpc) is 3.24. The van der Waals surface area contributed by atoms with Crippen molar-refractivity contribution in [3.63, 3.8) is 0 Å². The van der Waals surface area contributed by atoms with Crippen molar-refractivity contribution in [1.29, 1.82) is 5.26 Å². The lowest BCUT2D eigenvalue weighted by molar-refractivity contribution is -0.0763. The second kappa shape index (κ2) is 8.24. The summed E-state index contributed by atoms with van der Waals surface area (Å²) in [4.78, 5) is 7.58. The predicted octanol–water partition coefficient (Wildman–Crippen LogP) is 5.42. The molecular formula is C22H31N3OS. The molecule has 1 saturated carbocycles. The summed E-state index contributed by atoms with van der Waals surface area (Å²) in [6, 6.07) is 8.87. The van der Waals surface area contributed by atoms with Crippen molar-refractivity contribution >= 4 is 22.6 Å². The Hall–Kier alpha value is -1.51. The second-order valence-electron chi connectivity index (χ2n) is 8.67. The second-order valence-corrected chi connectivity index (χ2v) is 9.65. The maximum atomic E-state index is 9.10. The van der Waals surface area contributed by atoms with E-state index in [0.717, 1.165) is 22.2 Å². The quantitative estimate of drug-likeness (QED) is 0.694. The van der Waals surface area contributed by atoms with Gasteiger partial charge in [-0.25, -0.2) is 4.99 Å². The number of rotatable bonds is 4. The first-order valence-corrected chi connectivity index (χ1v) is 11.0. The molecule has 4 nitrogen and oxygen atoms in total. The molecule has 27 heavy (non-hydrogen) atoms. The molecule has 0 N–H and O–H groups in total. The van der Waals surface area contributed by atoms with Crippen molar-refractivity contribution in [3.05, 3.63) is 29.3 Å². The molecule has 5 heteroatoms. The topological polar surface area (TPSA) is 48.6 Å². The average molecular weight is 386 g/mol. The fourth-order valence-electron chi connectivity index (χ4n) is 4.11. The molecule has 0 radical (unpaired) electrons. The Labute approximate surface area is 168 Å². The molecule has 0 aromatic heterocycles. The van der Waals surface area contributed by atoms with E-state index in [9.17, 15) is 0 Å². The normalized spacial score (nSPS) is 23.8. The molecule has 0 amide bonds. The number of hydrogen-bond donors (Lipinski definition) is 0. The third-order valence-corrected chi connectivity index (χ3v) is 6.37. The van der Waals surface area contributed by atoms with Crippen molar-refractivity contribution in [3.8, 4) is 6.07 Å². The zero-order chi connectivity index (χ0) is 19.6. The number of aliphatic imine (C=N–C) groups is 1. The smallest absolute Gasteiger partial charge is 0.165 e. The summed E-state index contributed by atoms with van der Waals surface area (Å²) in [5, 5.41) is 10.2. The van der Waals surface area contributed by atoms with Crippen molar-refractivity contribution in [2.45, 2.75) is 84.1 Å². The van der Waals surface area contributed by atoms with Crippen LogP contribution in [0.5, 0.6) is 0 Å². The van der Waals surface area contributed by atoms with E-state index in [1.54, 1.807) is 0 Å². The van der Waals surface area contributed by atoms with Gasteiger partial charge in [0.2, 0.25) is 0 Å². The standard InChI is InChI=1S/C22H31N3OS/c1-15-12-17(13-23)10-11-19(15)24-21-25(18-8-6-7-9-18)20(14-27-21)16(2)26-22(3,4)5/h10-12,16,18,20H,6-9,14H2,1-5H3/t16?,20-/m1/s1. The molecule has 146 valence electrons. The molecule has 1 heterocycles. The molecule has 2 atom stereocenters. The Kier molecular flexibility index (Phi) is 6.18. The van der Waals surface area contributed by atoms with Crippen LogP contribution in [0, 0.1) is 18.3 Å². The molecule has 1 unspecified atom stereocenters. The van der Waals surface area contributed by atoms with E-state index < -0.39 is 0 Å². The van der Waals surface area contributed by atoms with Gasteiger partial charge in [0.1, 0.15) is 0 Å². The van der Waals surface area contributed by atoms with Crippen LogP contribution >= 0.6 is 11.8 Å². The number of hydrogen-bond acceptors (Lipinski definition) is 4. The van der Waals surface area contributed by atoms with E-state index in [4.69, 9.17) is 15.0 Å². The highest BCUT2D eigenvalue weighted by atomic mass is 32.2. The van der Waals surface area contributed by atoms with Gasteiger partial charge in [-0.05, 0) is 71.2 Å². The van der Waals surface area contributed by atoms with Crippen molar-refractivity contribution in [1.82, 2.24) is 4.90 Å². The number of benzene rings is 1. The Morgan fingerprint density at radius 2 is 2.00 bits per heavy atom. The molecular weight excluding hydrogens is 354 g/mol. The van der Waals surface area contributed by atoms with E-state index >= 15 is 0 Å². The summed E-state index contributed by atoms with van der Waals surface area (Å²) in [6.07, 6.45) is 5.25. The lowest BCUT2D eigenvalue weighted by atomic mass is 10.1. The van der Waals surface area contributed by atoms with Crippen LogP contribution < -0.4 is 0 Å². The first kappa shape index (κ1) is 20.2. The molecule has 1 aromatic carbocycles. The van der Waals surface area contributed by atoms with E-state index in [1.807, 2.05) is 36.9 Å². The summed E-state index contributed by atoms with van der Waals surface area (Å²) in [6.45, 7) is 10.6. The van der Waals surface area contributed by atoms with E-state index in [2.05, 4.69) is 38.7 Å². The number of nitriles is 1. The fourth-order valence-corrected chi connectivity index (χ4v) is 5.46. The van der Waals surface area contributed by atoms with Crippen LogP contribution in [0.25, 0.3) is 0 Å². The van der Waals surface area contributed by atoms with Crippen LogP contribution in [0.4, 0.5) is 5.69 Å². The van der Waals surface area contributed by atoms with E-state index in [1.165, 1.54) is 25.7 Å². The van der Waals surface area contributed by atoms with E-state index in [0.29, 0.717) is 17.6 Å². The highest BCUT2D eigenvalue weighted by Gasteiger charge is 2.40. The number of aryl methyl sites for hydroxylation is 1. The van der Waals surface area contributed by atoms with Gasteiger partial charge in [0.15, 0.2) is 5.17 Å². The monoisotopic (exact) mass is 385 g/mol. The maximum Gasteiger partial charge on any atom is 0.165 e. The minimum Gasteiger partial charge on any atom is -0.371 e. The lowest BCUT2D eigenvalue weighted by Crippen LogP contribution is -2.48. The lowest BCUT2D eigenvalue weighted by Gasteiger charge is -2.37. The largest absolute Gasteiger partial charge is 0.371 e. The molecule has 2 fully saturated rings. The molecule has 0 bridgehead atoms. The predicted molar refractivity (Wildman–Crippen MR) is 114 cm³/mol. The molecule has 1 aliphatic heterocycles. The summed E-state index contributed by atoms with van der Waals surface area (Å²) in [5.74, 6) is 1.02. The van der Waals surface area contributed by atoms with Crippen LogP contribution in [0.1, 0.15) is 64.5 Å². The number of ether oxygens (including phenoxy) is 1. The Bertz CT molecular complexity index is 741. The van der Waals surface area contributed by atoms with Gasteiger partial charge in [0.25, 0.3) is 0 Å². The van der Waals surface area contributed by atoms with Crippen molar-refractivity contribution in [2.75, 3.05) is 5.75 Å². The third-order valence-electron chi connectivity index (χ3n) is 5.30. The summed E-state index contributed by atoms with van der Waals surface area (Å²) >= 11 is 1.84. The SMILES string of the molecule is Cc1cc(C#N)ccc1N=C1SC[C@H](C(C)OC(C)(C)C)N1C1CCCC1.